The molecule has 0 unspecified atom stereocenters. The lowest BCUT2D eigenvalue weighted by molar-refractivity contribution is 0.101. The molecule has 0 bridgehead atoms. The van der Waals surface area contributed by atoms with E-state index in [1.54, 1.807) is 54.6 Å². The van der Waals surface area contributed by atoms with Gasteiger partial charge < -0.3 is 15.4 Å². The maximum absolute atomic E-state index is 12.6. The smallest absolute Gasteiger partial charge is 0.255 e. The number of benzene rings is 3. The van der Waals surface area contributed by atoms with Crippen LogP contribution in [0, 0.1) is 0 Å². The van der Waals surface area contributed by atoms with E-state index in [1.807, 2.05) is 18.2 Å². The van der Waals surface area contributed by atoms with Gasteiger partial charge >= 0.3 is 0 Å². The van der Waals surface area contributed by atoms with Crippen LogP contribution in [0.3, 0.4) is 0 Å². The molecule has 0 heterocycles. The molecule has 0 aliphatic rings. The third-order valence-electron chi connectivity index (χ3n) is 4.89. The van der Waals surface area contributed by atoms with Gasteiger partial charge in [-0.1, -0.05) is 44.4 Å². The largest absolute Gasteiger partial charge is 0.492 e. The fourth-order valence-electron chi connectivity index (χ4n) is 3.10. The first-order valence-corrected chi connectivity index (χ1v) is 11.6. The Kier molecular flexibility index (Phi) is 8.87. The Hall–Kier alpha value is -3.12. The second kappa shape index (κ2) is 12.1. The second-order valence-corrected chi connectivity index (χ2v) is 8.26. The Bertz CT molecular complexity index is 1040. The maximum atomic E-state index is 12.6. The van der Waals surface area contributed by atoms with E-state index in [0.29, 0.717) is 29.1 Å². The normalized spacial score (nSPS) is 10.4. The number of carbonyl (C=O) groups excluding carboxylic acids is 2. The third-order valence-corrected chi connectivity index (χ3v) is 5.51. The first-order valence-electron chi connectivity index (χ1n) is 10.8. The van der Waals surface area contributed by atoms with Crippen molar-refractivity contribution in [2.24, 2.45) is 0 Å². The Labute approximate surface area is 197 Å². The molecule has 32 heavy (non-hydrogen) atoms. The molecular weight excluding hydrogens is 468 g/mol. The number of rotatable bonds is 10. The van der Waals surface area contributed by atoms with Crippen molar-refractivity contribution < 1.29 is 14.3 Å². The lowest BCUT2D eigenvalue weighted by atomic mass is 10.2. The molecule has 0 aliphatic carbocycles. The SMILES string of the molecule is CCCCCCOc1ccc(C(=O)Nc2ccc(NC(=O)c3ccccc3)cc2)cc1Br. The number of anilines is 2. The monoisotopic (exact) mass is 494 g/mol. The van der Waals surface area contributed by atoms with Crippen molar-refractivity contribution in [3.63, 3.8) is 0 Å². The average molecular weight is 495 g/mol. The van der Waals surface area contributed by atoms with Crippen molar-refractivity contribution in [1.29, 1.82) is 0 Å². The number of ether oxygens (including phenoxy) is 1. The summed E-state index contributed by atoms with van der Waals surface area (Å²) in [4.78, 5) is 24.9. The van der Waals surface area contributed by atoms with Crippen LogP contribution in [0.15, 0.2) is 77.3 Å². The molecule has 6 heteroatoms. The molecule has 5 nitrogen and oxygen atoms in total. The van der Waals surface area contributed by atoms with Crippen molar-refractivity contribution in [3.8, 4) is 5.75 Å². The van der Waals surface area contributed by atoms with Gasteiger partial charge in [-0.25, -0.2) is 0 Å². The summed E-state index contributed by atoms with van der Waals surface area (Å²) < 4.78 is 6.55. The van der Waals surface area contributed by atoms with E-state index in [9.17, 15) is 9.59 Å². The summed E-state index contributed by atoms with van der Waals surface area (Å²) in [6, 6.07) is 21.3. The van der Waals surface area contributed by atoms with Crippen LogP contribution in [0.5, 0.6) is 5.75 Å². The van der Waals surface area contributed by atoms with E-state index >= 15 is 0 Å². The quantitative estimate of drug-likeness (QED) is 0.300. The van der Waals surface area contributed by atoms with Gasteiger partial charge in [-0.2, -0.15) is 0 Å². The fraction of sp³-hybridized carbons (Fsp3) is 0.231. The molecule has 0 aliphatic heterocycles. The molecule has 166 valence electrons. The van der Waals surface area contributed by atoms with Crippen molar-refractivity contribution in [2.45, 2.75) is 32.6 Å². The summed E-state index contributed by atoms with van der Waals surface area (Å²) in [5, 5.41) is 5.71. The minimum Gasteiger partial charge on any atom is -0.492 e. The van der Waals surface area contributed by atoms with Gasteiger partial charge in [0.2, 0.25) is 0 Å². The van der Waals surface area contributed by atoms with E-state index < -0.39 is 0 Å². The highest BCUT2D eigenvalue weighted by Gasteiger charge is 2.10. The van der Waals surface area contributed by atoms with E-state index in [1.165, 1.54) is 12.8 Å². The zero-order valence-corrected chi connectivity index (χ0v) is 19.7. The van der Waals surface area contributed by atoms with Crippen LogP contribution in [0.25, 0.3) is 0 Å². The van der Waals surface area contributed by atoms with Gasteiger partial charge in [-0.3, -0.25) is 9.59 Å². The van der Waals surface area contributed by atoms with Gasteiger partial charge in [0.1, 0.15) is 5.75 Å². The van der Waals surface area contributed by atoms with Crippen LogP contribution in [0.1, 0.15) is 53.3 Å². The van der Waals surface area contributed by atoms with Gasteiger partial charge in [0.05, 0.1) is 11.1 Å². The van der Waals surface area contributed by atoms with Gasteiger partial charge in [0, 0.05) is 22.5 Å². The van der Waals surface area contributed by atoms with Crippen LogP contribution in [-0.4, -0.2) is 18.4 Å². The predicted molar refractivity (Wildman–Crippen MR) is 133 cm³/mol. The summed E-state index contributed by atoms with van der Waals surface area (Å²) in [6.45, 7) is 2.84. The minimum atomic E-state index is -0.221. The summed E-state index contributed by atoms with van der Waals surface area (Å²) in [6.07, 6.45) is 4.58. The van der Waals surface area contributed by atoms with E-state index in [2.05, 4.69) is 33.5 Å². The standard InChI is InChI=1S/C26H27BrN2O3/c1-2-3-4-8-17-32-24-16-11-20(18-23(24)27)26(31)29-22-14-12-21(13-15-22)28-25(30)19-9-6-5-7-10-19/h5-7,9-16,18H,2-4,8,17H2,1H3,(H,28,30)(H,29,31). The number of hydrogen-bond donors (Lipinski definition) is 2. The number of carbonyl (C=O) groups is 2. The van der Waals surface area contributed by atoms with Gasteiger partial charge in [-0.05, 0) is 76.9 Å². The van der Waals surface area contributed by atoms with Gasteiger partial charge in [0.25, 0.3) is 11.8 Å². The lowest BCUT2D eigenvalue weighted by Gasteiger charge is -2.11. The Morgan fingerprint density at radius 1 is 0.781 bits per heavy atom. The third kappa shape index (κ3) is 6.95. The summed E-state index contributed by atoms with van der Waals surface area (Å²) in [5.74, 6) is 0.331. The molecule has 3 aromatic rings. The number of amides is 2. The molecule has 0 atom stereocenters. The van der Waals surface area contributed by atoms with Crippen molar-refractivity contribution >= 4 is 39.1 Å². The number of nitrogens with one attached hydrogen (secondary N) is 2. The van der Waals surface area contributed by atoms with E-state index in [0.717, 1.165) is 23.1 Å². The van der Waals surface area contributed by atoms with Gasteiger partial charge in [-0.15, -0.1) is 0 Å². The molecular formula is C26H27BrN2O3. The first-order chi connectivity index (χ1) is 15.6. The molecule has 2 amide bonds. The molecule has 3 aromatic carbocycles. The van der Waals surface area contributed by atoms with E-state index in [-0.39, 0.29) is 11.8 Å². The van der Waals surface area contributed by atoms with E-state index in [4.69, 9.17) is 4.74 Å². The number of hydrogen-bond acceptors (Lipinski definition) is 3. The average Bonchev–Trinajstić information content (AvgIpc) is 2.81. The molecule has 0 saturated carbocycles. The van der Waals surface area contributed by atoms with Crippen LogP contribution in [0.2, 0.25) is 0 Å². The topological polar surface area (TPSA) is 67.4 Å². The molecule has 0 spiro atoms. The zero-order chi connectivity index (χ0) is 22.8. The minimum absolute atomic E-state index is 0.181. The predicted octanol–water partition coefficient (Wildman–Crippen LogP) is 6.91. The fourth-order valence-corrected chi connectivity index (χ4v) is 3.60. The van der Waals surface area contributed by atoms with Crippen molar-refractivity contribution in [2.75, 3.05) is 17.2 Å². The van der Waals surface area contributed by atoms with Gasteiger partial charge in [0.15, 0.2) is 0 Å². The van der Waals surface area contributed by atoms with Crippen LogP contribution in [0.4, 0.5) is 11.4 Å². The molecule has 0 fully saturated rings. The maximum Gasteiger partial charge on any atom is 0.255 e. The zero-order valence-electron chi connectivity index (χ0n) is 18.1. The van der Waals surface area contributed by atoms with Crippen LogP contribution >= 0.6 is 15.9 Å². The van der Waals surface area contributed by atoms with Crippen LogP contribution < -0.4 is 15.4 Å². The summed E-state index contributed by atoms with van der Waals surface area (Å²) in [7, 11) is 0. The highest BCUT2D eigenvalue weighted by atomic mass is 79.9. The first kappa shape index (κ1) is 23.5. The lowest BCUT2D eigenvalue weighted by Crippen LogP contribution is -2.13. The summed E-state index contributed by atoms with van der Waals surface area (Å²) >= 11 is 3.49. The number of halogens is 1. The highest BCUT2D eigenvalue weighted by Crippen LogP contribution is 2.27. The second-order valence-electron chi connectivity index (χ2n) is 7.41. The summed E-state index contributed by atoms with van der Waals surface area (Å²) in [5.41, 5.74) is 2.40. The Balaban J connectivity index is 1.54. The molecule has 0 saturated heterocycles. The molecule has 0 aromatic heterocycles. The van der Waals surface area contributed by atoms with Crippen LogP contribution in [-0.2, 0) is 0 Å². The van der Waals surface area contributed by atoms with Crippen molar-refractivity contribution in [1.82, 2.24) is 0 Å². The molecule has 2 N–H and O–H groups in total. The Morgan fingerprint density at radius 2 is 1.41 bits per heavy atom. The Morgan fingerprint density at radius 3 is 2.00 bits per heavy atom. The highest BCUT2D eigenvalue weighted by molar-refractivity contribution is 9.10. The molecule has 3 rings (SSSR count). The number of unbranched alkanes of at least 4 members (excludes halogenated alkanes) is 3. The van der Waals surface area contributed by atoms with Crippen molar-refractivity contribution in [3.05, 3.63) is 88.4 Å². The molecule has 0 radical (unpaired) electrons.